The number of carbonyl (C=O) groups excluding carboxylic acids is 1. The zero-order valence-electron chi connectivity index (χ0n) is 12.4. The van der Waals surface area contributed by atoms with Crippen molar-refractivity contribution in [2.75, 3.05) is 19.5 Å². The molecule has 116 valence electrons. The molecule has 7 heteroatoms. The fourth-order valence-corrected chi connectivity index (χ4v) is 1.69. The van der Waals surface area contributed by atoms with Gasteiger partial charge in [0.15, 0.2) is 5.82 Å². The van der Waals surface area contributed by atoms with Gasteiger partial charge >= 0.3 is 5.97 Å². The van der Waals surface area contributed by atoms with E-state index in [9.17, 15) is 4.79 Å². The molecule has 0 atom stereocenters. The number of nitrogens with zero attached hydrogens (tertiary/aromatic N) is 2. The number of aromatic nitrogens is 2. The van der Waals surface area contributed by atoms with Crippen molar-refractivity contribution in [3.05, 3.63) is 41.9 Å². The highest BCUT2D eigenvalue weighted by atomic mass is 16.5. The average molecular weight is 303 g/mol. The van der Waals surface area contributed by atoms with E-state index in [4.69, 9.17) is 19.9 Å². The molecule has 2 N–H and O–H groups in total. The summed E-state index contributed by atoms with van der Waals surface area (Å²) in [6, 6.07) is 7.12. The molecule has 22 heavy (non-hydrogen) atoms. The topological polar surface area (TPSA) is 96.6 Å². The van der Waals surface area contributed by atoms with Gasteiger partial charge in [-0.1, -0.05) is 0 Å². The fraction of sp³-hybridized carbons (Fsp3) is 0.267. The summed E-state index contributed by atoms with van der Waals surface area (Å²) in [6.07, 6.45) is 1.34. The summed E-state index contributed by atoms with van der Waals surface area (Å²) in [5, 5.41) is 0. The van der Waals surface area contributed by atoms with Crippen LogP contribution < -0.4 is 15.2 Å². The SMILES string of the molecule is CCOC(=O)c1cnc(COc2ccc(OC)cc2)nc1N. The number of ether oxygens (including phenoxy) is 3. The number of esters is 1. The summed E-state index contributed by atoms with van der Waals surface area (Å²) in [4.78, 5) is 19.7. The highest BCUT2D eigenvalue weighted by Crippen LogP contribution is 2.18. The van der Waals surface area contributed by atoms with Gasteiger partial charge in [-0.2, -0.15) is 0 Å². The summed E-state index contributed by atoms with van der Waals surface area (Å²) in [5.74, 6) is 1.30. The van der Waals surface area contributed by atoms with Crippen molar-refractivity contribution in [1.82, 2.24) is 9.97 Å². The van der Waals surface area contributed by atoms with E-state index in [1.165, 1.54) is 6.20 Å². The van der Waals surface area contributed by atoms with Crippen LogP contribution in [0.5, 0.6) is 11.5 Å². The van der Waals surface area contributed by atoms with Gasteiger partial charge in [-0.3, -0.25) is 0 Å². The van der Waals surface area contributed by atoms with E-state index in [2.05, 4.69) is 9.97 Å². The number of nitrogens with two attached hydrogens (primary N) is 1. The maximum Gasteiger partial charge on any atom is 0.343 e. The Morgan fingerprint density at radius 3 is 2.50 bits per heavy atom. The Kier molecular flexibility index (Phi) is 5.13. The molecular formula is C15H17N3O4. The van der Waals surface area contributed by atoms with Gasteiger partial charge in [-0.25, -0.2) is 14.8 Å². The fourth-order valence-electron chi connectivity index (χ4n) is 1.69. The van der Waals surface area contributed by atoms with E-state index in [-0.39, 0.29) is 24.6 Å². The normalized spacial score (nSPS) is 10.1. The zero-order valence-corrected chi connectivity index (χ0v) is 12.4. The number of hydrogen-bond donors (Lipinski definition) is 1. The zero-order chi connectivity index (χ0) is 15.9. The molecule has 0 radical (unpaired) electrons. The smallest absolute Gasteiger partial charge is 0.343 e. The van der Waals surface area contributed by atoms with Gasteiger partial charge in [-0.15, -0.1) is 0 Å². The number of hydrogen-bond acceptors (Lipinski definition) is 7. The Balaban J connectivity index is 2.01. The Hall–Kier alpha value is -2.83. The van der Waals surface area contributed by atoms with Crippen molar-refractivity contribution in [1.29, 1.82) is 0 Å². The molecule has 0 aliphatic carbocycles. The average Bonchev–Trinajstić information content (AvgIpc) is 2.53. The summed E-state index contributed by atoms with van der Waals surface area (Å²) in [5.41, 5.74) is 5.88. The predicted molar refractivity (Wildman–Crippen MR) is 79.7 cm³/mol. The standard InChI is InChI=1S/C15H17N3O4/c1-3-21-15(19)12-8-17-13(18-14(12)16)9-22-11-6-4-10(20-2)5-7-11/h4-8H,3,9H2,1-2H3,(H2,16,17,18). The molecule has 0 fully saturated rings. The van der Waals surface area contributed by atoms with Crippen LogP contribution in [0.2, 0.25) is 0 Å². The molecule has 1 aromatic carbocycles. The van der Waals surface area contributed by atoms with Crippen LogP contribution in [-0.4, -0.2) is 29.7 Å². The van der Waals surface area contributed by atoms with Crippen molar-refractivity contribution in [2.45, 2.75) is 13.5 Å². The number of nitrogen functional groups attached to an aromatic ring is 1. The largest absolute Gasteiger partial charge is 0.497 e. The van der Waals surface area contributed by atoms with E-state index in [1.54, 1.807) is 38.3 Å². The van der Waals surface area contributed by atoms with Gasteiger partial charge in [0.1, 0.15) is 29.5 Å². The monoisotopic (exact) mass is 303 g/mol. The first-order valence-corrected chi connectivity index (χ1v) is 6.69. The molecule has 0 spiro atoms. The Labute approximate surface area is 128 Å². The van der Waals surface area contributed by atoms with Crippen molar-refractivity contribution >= 4 is 11.8 Å². The molecule has 0 amide bonds. The lowest BCUT2D eigenvalue weighted by Gasteiger charge is -2.08. The van der Waals surface area contributed by atoms with Crippen LogP contribution in [0.3, 0.4) is 0 Å². The molecule has 0 saturated heterocycles. The molecule has 0 unspecified atom stereocenters. The molecule has 1 heterocycles. The molecule has 7 nitrogen and oxygen atoms in total. The molecule has 1 aromatic heterocycles. The number of anilines is 1. The van der Waals surface area contributed by atoms with E-state index in [1.807, 2.05) is 0 Å². The summed E-state index contributed by atoms with van der Waals surface area (Å²) in [6.45, 7) is 2.12. The molecule has 2 rings (SSSR count). The molecule has 0 bridgehead atoms. The second-order valence-corrected chi connectivity index (χ2v) is 4.27. The van der Waals surface area contributed by atoms with Crippen LogP contribution in [0.1, 0.15) is 23.1 Å². The molecule has 0 aliphatic heterocycles. The van der Waals surface area contributed by atoms with Gasteiger partial charge in [0.25, 0.3) is 0 Å². The third kappa shape index (κ3) is 3.85. The van der Waals surface area contributed by atoms with Crippen LogP contribution >= 0.6 is 0 Å². The first kappa shape index (κ1) is 15.6. The number of rotatable bonds is 6. The van der Waals surface area contributed by atoms with E-state index in [0.717, 1.165) is 5.75 Å². The lowest BCUT2D eigenvalue weighted by atomic mass is 10.3. The first-order valence-electron chi connectivity index (χ1n) is 6.69. The number of benzene rings is 1. The van der Waals surface area contributed by atoms with E-state index < -0.39 is 5.97 Å². The van der Waals surface area contributed by atoms with Crippen LogP contribution in [0.15, 0.2) is 30.5 Å². The molecule has 0 saturated carbocycles. The van der Waals surface area contributed by atoms with Gasteiger partial charge in [0.05, 0.1) is 13.7 Å². The van der Waals surface area contributed by atoms with Crippen LogP contribution in [-0.2, 0) is 11.3 Å². The molecular weight excluding hydrogens is 286 g/mol. The number of carbonyl (C=O) groups is 1. The molecule has 0 aliphatic rings. The van der Waals surface area contributed by atoms with Crippen molar-refractivity contribution in [3.8, 4) is 11.5 Å². The van der Waals surface area contributed by atoms with E-state index >= 15 is 0 Å². The minimum atomic E-state index is -0.539. The highest BCUT2D eigenvalue weighted by molar-refractivity contribution is 5.93. The lowest BCUT2D eigenvalue weighted by molar-refractivity contribution is 0.0526. The molecule has 2 aromatic rings. The van der Waals surface area contributed by atoms with Gasteiger partial charge < -0.3 is 19.9 Å². The first-order chi connectivity index (χ1) is 10.6. The van der Waals surface area contributed by atoms with E-state index in [0.29, 0.717) is 11.6 Å². The Morgan fingerprint density at radius 1 is 1.23 bits per heavy atom. The lowest BCUT2D eigenvalue weighted by Crippen LogP contribution is -2.12. The minimum absolute atomic E-state index is 0.0711. The Morgan fingerprint density at radius 2 is 1.91 bits per heavy atom. The third-order valence-electron chi connectivity index (χ3n) is 2.79. The van der Waals surface area contributed by atoms with Crippen LogP contribution in [0, 0.1) is 0 Å². The highest BCUT2D eigenvalue weighted by Gasteiger charge is 2.13. The van der Waals surface area contributed by atoms with Crippen molar-refractivity contribution in [2.24, 2.45) is 0 Å². The summed E-state index contributed by atoms with van der Waals surface area (Å²) < 4.78 is 15.5. The maximum absolute atomic E-state index is 11.6. The summed E-state index contributed by atoms with van der Waals surface area (Å²) in [7, 11) is 1.59. The quantitative estimate of drug-likeness (QED) is 0.813. The predicted octanol–water partition coefficient (Wildman–Crippen LogP) is 1.82. The Bertz CT molecular complexity index is 644. The second kappa shape index (κ2) is 7.26. The van der Waals surface area contributed by atoms with Gasteiger partial charge in [0.2, 0.25) is 0 Å². The van der Waals surface area contributed by atoms with Crippen molar-refractivity contribution in [3.63, 3.8) is 0 Å². The summed E-state index contributed by atoms with van der Waals surface area (Å²) >= 11 is 0. The maximum atomic E-state index is 11.6. The van der Waals surface area contributed by atoms with Crippen molar-refractivity contribution < 1.29 is 19.0 Å². The number of methoxy groups -OCH3 is 1. The van der Waals surface area contributed by atoms with Crippen LogP contribution in [0.25, 0.3) is 0 Å². The van der Waals surface area contributed by atoms with Gasteiger partial charge in [0, 0.05) is 6.20 Å². The van der Waals surface area contributed by atoms with Gasteiger partial charge in [-0.05, 0) is 31.2 Å². The minimum Gasteiger partial charge on any atom is -0.497 e. The third-order valence-corrected chi connectivity index (χ3v) is 2.79. The van der Waals surface area contributed by atoms with Crippen LogP contribution in [0.4, 0.5) is 5.82 Å². The second-order valence-electron chi connectivity index (χ2n) is 4.27.